The molecular weight excluding hydrogens is 278 g/mol. The van der Waals surface area contributed by atoms with Crippen LogP contribution in [0.15, 0.2) is 24.3 Å². The summed E-state index contributed by atoms with van der Waals surface area (Å²) in [6.07, 6.45) is 3.36. The molecule has 1 atom stereocenters. The molecule has 1 aromatic rings. The van der Waals surface area contributed by atoms with Crippen LogP contribution in [0.3, 0.4) is 0 Å². The van der Waals surface area contributed by atoms with Gasteiger partial charge in [0, 0.05) is 24.7 Å². The van der Waals surface area contributed by atoms with E-state index in [9.17, 15) is 9.59 Å². The lowest BCUT2D eigenvalue weighted by Crippen LogP contribution is -3.08. The fourth-order valence-corrected chi connectivity index (χ4v) is 2.27. The molecule has 2 amide bonds. The molecular formula is C17H28N3O2+. The van der Waals surface area contributed by atoms with Crippen LogP contribution in [0.4, 0.5) is 0 Å². The predicted molar refractivity (Wildman–Crippen MR) is 87.8 cm³/mol. The maximum absolute atomic E-state index is 11.8. The Kier molecular flexibility index (Phi) is 8.22. The van der Waals surface area contributed by atoms with Gasteiger partial charge < -0.3 is 15.5 Å². The summed E-state index contributed by atoms with van der Waals surface area (Å²) >= 11 is 0. The number of rotatable bonds is 9. The maximum atomic E-state index is 11.8. The highest BCUT2D eigenvalue weighted by atomic mass is 16.2. The quantitative estimate of drug-likeness (QED) is 0.577. The number of carbonyl (C=O) groups excluding carboxylic acids is 2. The number of quaternary nitrogens is 1. The summed E-state index contributed by atoms with van der Waals surface area (Å²) in [6, 6.07) is 7.50. The summed E-state index contributed by atoms with van der Waals surface area (Å²) < 4.78 is 0. The molecule has 0 saturated carbocycles. The average Bonchev–Trinajstić information content (AvgIpc) is 2.51. The highest BCUT2D eigenvalue weighted by molar-refractivity contribution is 5.93. The van der Waals surface area contributed by atoms with E-state index < -0.39 is 0 Å². The van der Waals surface area contributed by atoms with E-state index >= 15 is 0 Å². The van der Waals surface area contributed by atoms with E-state index in [4.69, 9.17) is 0 Å². The second kappa shape index (κ2) is 9.95. The molecule has 0 radical (unpaired) electrons. The summed E-state index contributed by atoms with van der Waals surface area (Å²) in [4.78, 5) is 24.4. The first-order chi connectivity index (χ1) is 10.6. The van der Waals surface area contributed by atoms with Gasteiger partial charge in [0.25, 0.3) is 11.8 Å². The summed E-state index contributed by atoms with van der Waals surface area (Å²) in [7, 11) is 3.62. The van der Waals surface area contributed by atoms with E-state index in [2.05, 4.69) is 17.6 Å². The normalized spacial score (nSPS) is 11.8. The van der Waals surface area contributed by atoms with Crippen LogP contribution in [0.5, 0.6) is 0 Å². The van der Waals surface area contributed by atoms with Gasteiger partial charge in [-0.05, 0) is 18.6 Å². The first-order valence-electron chi connectivity index (χ1n) is 7.95. The van der Waals surface area contributed by atoms with E-state index in [0.29, 0.717) is 12.1 Å². The Labute approximate surface area is 133 Å². The fourth-order valence-electron chi connectivity index (χ4n) is 2.27. The minimum Gasteiger partial charge on any atom is -0.355 e. The van der Waals surface area contributed by atoms with Crippen molar-refractivity contribution in [1.29, 1.82) is 0 Å². The number of benzene rings is 1. The molecule has 0 aromatic heterocycles. The number of unbranched alkanes of at least 4 members (excludes halogenated alkanes) is 2. The monoisotopic (exact) mass is 306 g/mol. The van der Waals surface area contributed by atoms with Gasteiger partial charge in [-0.15, -0.1) is 0 Å². The van der Waals surface area contributed by atoms with Crippen LogP contribution in [0, 0.1) is 0 Å². The van der Waals surface area contributed by atoms with Crippen LogP contribution < -0.4 is 15.5 Å². The largest absolute Gasteiger partial charge is 0.355 e. The van der Waals surface area contributed by atoms with Crippen molar-refractivity contribution >= 4 is 11.8 Å². The Morgan fingerprint density at radius 1 is 1.14 bits per heavy atom. The van der Waals surface area contributed by atoms with E-state index in [0.717, 1.165) is 42.8 Å². The smallest absolute Gasteiger partial charge is 0.275 e. The van der Waals surface area contributed by atoms with Gasteiger partial charge in [0.05, 0.1) is 7.05 Å². The molecule has 5 nitrogen and oxygen atoms in total. The molecule has 3 N–H and O–H groups in total. The number of carbonyl (C=O) groups is 2. The van der Waals surface area contributed by atoms with Crippen molar-refractivity contribution in [2.24, 2.45) is 0 Å². The third-order valence-electron chi connectivity index (χ3n) is 3.51. The van der Waals surface area contributed by atoms with E-state index in [1.807, 2.05) is 31.3 Å². The number of hydrogen-bond donors (Lipinski definition) is 3. The minimum atomic E-state index is -0.0845. The molecule has 0 aliphatic carbocycles. The van der Waals surface area contributed by atoms with Crippen LogP contribution in [-0.4, -0.2) is 39.0 Å². The fraction of sp³-hybridized carbons (Fsp3) is 0.529. The van der Waals surface area contributed by atoms with Crippen LogP contribution >= 0.6 is 0 Å². The zero-order chi connectivity index (χ0) is 16.4. The third-order valence-corrected chi connectivity index (χ3v) is 3.51. The molecule has 22 heavy (non-hydrogen) atoms. The predicted octanol–water partition coefficient (Wildman–Crippen LogP) is 0.367. The highest BCUT2D eigenvalue weighted by Gasteiger charge is 2.10. The Bertz CT molecular complexity index is 471. The second-order valence-electron chi connectivity index (χ2n) is 5.64. The van der Waals surface area contributed by atoms with Crippen LogP contribution in [-0.2, 0) is 11.3 Å². The SMILES string of the molecule is CCCCCNC(=O)C[NH+](C)Cc1ccc(C(=O)NC)cc1. The molecule has 0 bridgehead atoms. The van der Waals surface area contributed by atoms with Gasteiger partial charge in [-0.3, -0.25) is 9.59 Å². The minimum absolute atomic E-state index is 0.0845. The summed E-state index contributed by atoms with van der Waals surface area (Å²) in [5, 5.41) is 5.55. The van der Waals surface area contributed by atoms with Crippen molar-refractivity contribution in [1.82, 2.24) is 10.6 Å². The Morgan fingerprint density at radius 3 is 2.41 bits per heavy atom. The Balaban J connectivity index is 2.36. The molecule has 0 aliphatic rings. The number of likely N-dealkylation sites (N-methyl/N-ethyl adjacent to an activating group) is 1. The number of nitrogens with one attached hydrogen (secondary N) is 3. The molecule has 5 heteroatoms. The highest BCUT2D eigenvalue weighted by Crippen LogP contribution is 2.03. The van der Waals surface area contributed by atoms with Gasteiger partial charge in [0.1, 0.15) is 6.54 Å². The lowest BCUT2D eigenvalue weighted by atomic mass is 10.1. The van der Waals surface area contributed by atoms with Gasteiger partial charge >= 0.3 is 0 Å². The zero-order valence-electron chi connectivity index (χ0n) is 13.9. The lowest BCUT2D eigenvalue weighted by molar-refractivity contribution is -0.885. The summed E-state index contributed by atoms with van der Waals surface area (Å²) in [5.74, 6) is 0.00860. The summed E-state index contributed by atoms with van der Waals surface area (Å²) in [6.45, 7) is 4.13. The standard InChI is InChI=1S/C17H27N3O2/c1-4-5-6-11-19-16(21)13-20(3)12-14-7-9-15(10-8-14)17(22)18-2/h7-10H,4-6,11-13H2,1-3H3,(H,18,22)(H,19,21)/p+1. The second-order valence-corrected chi connectivity index (χ2v) is 5.64. The first-order valence-corrected chi connectivity index (χ1v) is 7.95. The molecule has 0 spiro atoms. The lowest BCUT2D eigenvalue weighted by Gasteiger charge is -2.14. The van der Waals surface area contributed by atoms with E-state index in [1.165, 1.54) is 0 Å². The molecule has 0 fully saturated rings. The van der Waals surface area contributed by atoms with Crippen molar-refractivity contribution in [3.05, 3.63) is 35.4 Å². The third kappa shape index (κ3) is 6.72. The summed E-state index contributed by atoms with van der Waals surface area (Å²) in [5.41, 5.74) is 1.77. The van der Waals surface area contributed by atoms with Gasteiger partial charge in [-0.2, -0.15) is 0 Å². The van der Waals surface area contributed by atoms with Crippen LogP contribution in [0.25, 0.3) is 0 Å². The molecule has 0 aliphatic heterocycles. The zero-order valence-corrected chi connectivity index (χ0v) is 13.9. The number of amides is 2. The molecule has 0 saturated heterocycles. The first kappa shape index (κ1) is 18.2. The van der Waals surface area contributed by atoms with Gasteiger partial charge in [-0.25, -0.2) is 0 Å². The van der Waals surface area contributed by atoms with E-state index in [-0.39, 0.29) is 11.8 Å². The van der Waals surface area contributed by atoms with Gasteiger partial charge in [-0.1, -0.05) is 31.9 Å². The Morgan fingerprint density at radius 2 is 1.82 bits per heavy atom. The maximum Gasteiger partial charge on any atom is 0.275 e. The average molecular weight is 306 g/mol. The molecule has 1 unspecified atom stereocenters. The van der Waals surface area contributed by atoms with Crippen molar-refractivity contribution in [3.8, 4) is 0 Å². The van der Waals surface area contributed by atoms with Crippen molar-refractivity contribution in [3.63, 3.8) is 0 Å². The number of hydrogen-bond acceptors (Lipinski definition) is 2. The van der Waals surface area contributed by atoms with Crippen molar-refractivity contribution in [2.75, 3.05) is 27.2 Å². The molecule has 1 aromatic carbocycles. The van der Waals surface area contributed by atoms with Gasteiger partial charge in [0.15, 0.2) is 6.54 Å². The van der Waals surface area contributed by atoms with Crippen molar-refractivity contribution in [2.45, 2.75) is 32.7 Å². The van der Waals surface area contributed by atoms with Gasteiger partial charge in [0.2, 0.25) is 0 Å². The van der Waals surface area contributed by atoms with E-state index in [1.54, 1.807) is 7.05 Å². The van der Waals surface area contributed by atoms with Crippen LogP contribution in [0.1, 0.15) is 42.1 Å². The molecule has 1 rings (SSSR count). The molecule has 122 valence electrons. The van der Waals surface area contributed by atoms with Crippen LogP contribution in [0.2, 0.25) is 0 Å². The van der Waals surface area contributed by atoms with Crippen molar-refractivity contribution < 1.29 is 14.5 Å². The topological polar surface area (TPSA) is 62.6 Å². The molecule has 0 heterocycles. The Hall–Kier alpha value is -1.88.